The standard InChI is InChI=1S/C26H19Cl2N3O2S/c1-16-7-5-6-10-22(16)30-24(32)20(15-29)26-31(19-8-3-2-4-9-19)25(33)23(34-26)14-17-13-18(27)11-12-21(17)28/h2-13,23H,14H2,1H3,(H,30,32). The molecule has 170 valence electrons. The van der Waals surface area contributed by atoms with Crippen LogP contribution in [0.4, 0.5) is 11.4 Å². The maximum atomic E-state index is 13.5. The van der Waals surface area contributed by atoms with Crippen molar-refractivity contribution in [2.45, 2.75) is 18.6 Å². The van der Waals surface area contributed by atoms with Gasteiger partial charge in [0.1, 0.15) is 16.7 Å². The van der Waals surface area contributed by atoms with Gasteiger partial charge in [-0.25, -0.2) is 0 Å². The van der Waals surface area contributed by atoms with Crippen LogP contribution in [0, 0.1) is 18.3 Å². The zero-order chi connectivity index (χ0) is 24.2. The van der Waals surface area contributed by atoms with E-state index in [1.165, 1.54) is 16.7 Å². The molecule has 0 saturated carbocycles. The maximum Gasteiger partial charge on any atom is 0.269 e. The molecule has 4 rings (SSSR count). The number of aryl methyl sites for hydroxylation is 1. The minimum atomic E-state index is -0.583. The molecule has 0 aliphatic carbocycles. The van der Waals surface area contributed by atoms with Crippen molar-refractivity contribution in [3.8, 4) is 6.07 Å². The summed E-state index contributed by atoms with van der Waals surface area (Å²) in [7, 11) is 0. The van der Waals surface area contributed by atoms with Crippen LogP contribution >= 0.6 is 35.0 Å². The van der Waals surface area contributed by atoms with Crippen molar-refractivity contribution in [1.82, 2.24) is 0 Å². The number of benzene rings is 3. The van der Waals surface area contributed by atoms with Gasteiger partial charge in [-0.2, -0.15) is 5.26 Å². The van der Waals surface area contributed by atoms with Gasteiger partial charge in [0.05, 0.1) is 5.25 Å². The van der Waals surface area contributed by atoms with Crippen LogP contribution in [0.25, 0.3) is 0 Å². The number of carbonyl (C=O) groups is 2. The lowest BCUT2D eigenvalue weighted by Gasteiger charge is -2.18. The molecule has 3 aromatic rings. The third kappa shape index (κ3) is 4.97. The number of nitrogens with zero attached hydrogens (tertiary/aromatic N) is 2. The molecular formula is C26H19Cl2N3O2S. The molecule has 1 fully saturated rings. The molecule has 34 heavy (non-hydrogen) atoms. The highest BCUT2D eigenvalue weighted by atomic mass is 35.5. The third-order valence-electron chi connectivity index (χ3n) is 5.33. The first-order chi connectivity index (χ1) is 16.4. The Bertz CT molecular complexity index is 1340. The summed E-state index contributed by atoms with van der Waals surface area (Å²) < 4.78 is 0. The molecule has 8 heteroatoms. The highest BCUT2D eigenvalue weighted by Gasteiger charge is 2.41. The molecule has 1 atom stereocenters. The Morgan fingerprint density at radius 1 is 1.09 bits per heavy atom. The first-order valence-corrected chi connectivity index (χ1v) is 12.0. The summed E-state index contributed by atoms with van der Waals surface area (Å²) in [4.78, 5) is 28.1. The van der Waals surface area contributed by atoms with Gasteiger partial charge in [-0.1, -0.05) is 71.4 Å². The number of nitrogens with one attached hydrogen (secondary N) is 1. The van der Waals surface area contributed by atoms with Gasteiger partial charge in [-0.05, 0) is 60.9 Å². The number of para-hydroxylation sites is 2. The van der Waals surface area contributed by atoms with Crippen LogP contribution in [0.1, 0.15) is 11.1 Å². The van der Waals surface area contributed by atoms with E-state index in [0.717, 1.165) is 11.1 Å². The number of thioether (sulfide) groups is 1. The topological polar surface area (TPSA) is 73.2 Å². The van der Waals surface area contributed by atoms with E-state index in [4.69, 9.17) is 23.2 Å². The molecule has 1 unspecified atom stereocenters. The molecule has 1 heterocycles. The Kier molecular flexibility index (Phi) is 7.28. The Labute approximate surface area is 212 Å². The summed E-state index contributed by atoms with van der Waals surface area (Å²) in [5.74, 6) is -0.812. The average molecular weight is 508 g/mol. The number of carbonyl (C=O) groups excluding carboxylic acids is 2. The van der Waals surface area contributed by atoms with Crippen LogP contribution in [0.3, 0.4) is 0 Å². The molecule has 0 bridgehead atoms. The van der Waals surface area contributed by atoms with Gasteiger partial charge in [0.25, 0.3) is 5.91 Å². The van der Waals surface area contributed by atoms with Gasteiger partial charge in [0, 0.05) is 21.4 Å². The molecule has 1 aliphatic heterocycles. The summed E-state index contributed by atoms with van der Waals surface area (Å²) in [5, 5.41) is 13.5. The summed E-state index contributed by atoms with van der Waals surface area (Å²) in [6.07, 6.45) is 0.299. The summed E-state index contributed by atoms with van der Waals surface area (Å²) in [6.45, 7) is 1.86. The number of anilines is 2. The predicted octanol–water partition coefficient (Wildman–Crippen LogP) is 6.37. The molecule has 2 amide bonds. The molecule has 3 aromatic carbocycles. The number of rotatable bonds is 5. The van der Waals surface area contributed by atoms with Crippen LogP contribution in [-0.4, -0.2) is 17.1 Å². The van der Waals surface area contributed by atoms with Crippen LogP contribution in [0.15, 0.2) is 83.4 Å². The SMILES string of the molecule is Cc1ccccc1NC(=O)C(C#N)=C1SC(Cc2cc(Cl)ccc2Cl)C(=O)N1c1ccccc1. The zero-order valence-electron chi connectivity index (χ0n) is 18.1. The van der Waals surface area contributed by atoms with Gasteiger partial charge >= 0.3 is 0 Å². The zero-order valence-corrected chi connectivity index (χ0v) is 20.4. The first kappa shape index (κ1) is 23.9. The van der Waals surface area contributed by atoms with E-state index >= 15 is 0 Å². The highest BCUT2D eigenvalue weighted by molar-refractivity contribution is 8.05. The molecular weight excluding hydrogens is 489 g/mol. The minimum absolute atomic E-state index is 0.134. The van der Waals surface area contributed by atoms with Crippen LogP contribution in [-0.2, 0) is 16.0 Å². The Hall–Kier alpha value is -3.24. The number of nitriles is 1. The lowest BCUT2D eigenvalue weighted by Crippen LogP contribution is -2.31. The average Bonchev–Trinajstić information content (AvgIpc) is 3.14. The van der Waals surface area contributed by atoms with Gasteiger partial charge in [0.2, 0.25) is 5.91 Å². The highest BCUT2D eigenvalue weighted by Crippen LogP contribution is 2.42. The Morgan fingerprint density at radius 3 is 2.50 bits per heavy atom. The van der Waals surface area contributed by atoms with E-state index in [1.54, 1.807) is 54.6 Å². The van der Waals surface area contributed by atoms with Gasteiger partial charge in [0.15, 0.2) is 0 Å². The van der Waals surface area contributed by atoms with Crippen LogP contribution < -0.4 is 10.2 Å². The molecule has 1 aliphatic rings. The first-order valence-electron chi connectivity index (χ1n) is 10.4. The van der Waals surface area contributed by atoms with Crippen molar-refractivity contribution in [2.24, 2.45) is 0 Å². The molecule has 0 radical (unpaired) electrons. The number of amides is 2. The second kappa shape index (κ2) is 10.4. The molecule has 0 spiro atoms. The monoisotopic (exact) mass is 507 g/mol. The normalized spacial score (nSPS) is 16.8. The van der Waals surface area contributed by atoms with Gasteiger partial charge < -0.3 is 5.32 Å². The number of halogens is 2. The third-order valence-corrected chi connectivity index (χ3v) is 7.19. The Balaban J connectivity index is 1.74. The molecule has 5 nitrogen and oxygen atoms in total. The fraction of sp³-hybridized carbons (Fsp3) is 0.115. The van der Waals surface area contributed by atoms with E-state index < -0.39 is 11.2 Å². The maximum absolute atomic E-state index is 13.5. The fourth-order valence-corrected chi connectivity index (χ4v) is 5.28. The second-order valence-electron chi connectivity index (χ2n) is 7.62. The van der Waals surface area contributed by atoms with Crippen LogP contribution in [0.2, 0.25) is 10.0 Å². The lowest BCUT2D eigenvalue weighted by atomic mass is 10.1. The second-order valence-corrected chi connectivity index (χ2v) is 9.65. The van der Waals surface area contributed by atoms with Crippen molar-refractivity contribution >= 4 is 58.2 Å². The van der Waals surface area contributed by atoms with E-state index in [9.17, 15) is 14.9 Å². The van der Waals surface area contributed by atoms with E-state index in [-0.39, 0.29) is 16.5 Å². The fourth-order valence-electron chi connectivity index (χ4n) is 3.60. The smallest absolute Gasteiger partial charge is 0.269 e. The van der Waals surface area contributed by atoms with Crippen molar-refractivity contribution in [2.75, 3.05) is 10.2 Å². The number of hydrogen-bond donors (Lipinski definition) is 1. The largest absolute Gasteiger partial charge is 0.321 e. The van der Waals surface area contributed by atoms with Gasteiger partial charge in [-0.15, -0.1) is 0 Å². The van der Waals surface area contributed by atoms with Crippen molar-refractivity contribution in [3.63, 3.8) is 0 Å². The van der Waals surface area contributed by atoms with E-state index in [0.29, 0.717) is 27.8 Å². The van der Waals surface area contributed by atoms with Gasteiger partial charge in [-0.3, -0.25) is 14.5 Å². The lowest BCUT2D eigenvalue weighted by molar-refractivity contribution is -0.117. The summed E-state index contributed by atoms with van der Waals surface area (Å²) in [5.41, 5.74) is 2.62. The Morgan fingerprint density at radius 2 is 1.79 bits per heavy atom. The summed E-state index contributed by atoms with van der Waals surface area (Å²) in [6, 6.07) is 23.4. The molecule has 1 N–H and O–H groups in total. The van der Waals surface area contributed by atoms with Crippen molar-refractivity contribution in [3.05, 3.63) is 105 Å². The molecule has 1 saturated heterocycles. The quantitative estimate of drug-likeness (QED) is 0.321. The minimum Gasteiger partial charge on any atom is -0.321 e. The predicted molar refractivity (Wildman–Crippen MR) is 138 cm³/mol. The number of hydrogen-bond acceptors (Lipinski definition) is 4. The van der Waals surface area contributed by atoms with Crippen LogP contribution in [0.5, 0.6) is 0 Å². The van der Waals surface area contributed by atoms with E-state index in [1.807, 2.05) is 31.2 Å². The van der Waals surface area contributed by atoms with E-state index in [2.05, 4.69) is 5.32 Å². The summed E-state index contributed by atoms with van der Waals surface area (Å²) >= 11 is 13.6. The van der Waals surface area contributed by atoms with Crippen molar-refractivity contribution < 1.29 is 9.59 Å². The van der Waals surface area contributed by atoms with Crippen molar-refractivity contribution in [1.29, 1.82) is 5.26 Å². The molecule has 0 aromatic heterocycles.